The Morgan fingerprint density at radius 1 is 1.00 bits per heavy atom. The van der Waals surface area contributed by atoms with E-state index in [1.165, 1.54) is 5.56 Å². The van der Waals surface area contributed by atoms with E-state index in [0.29, 0.717) is 25.9 Å². The van der Waals surface area contributed by atoms with Gasteiger partial charge >= 0.3 is 5.97 Å². The van der Waals surface area contributed by atoms with Crippen molar-refractivity contribution in [2.45, 2.75) is 38.6 Å². The van der Waals surface area contributed by atoms with Gasteiger partial charge in [0.15, 0.2) is 0 Å². The molecule has 1 aromatic rings. The Kier molecular flexibility index (Phi) is 11.7. The summed E-state index contributed by atoms with van der Waals surface area (Å²) < 4.78 is 16.1. The first-order valence-electron chi connectivity index (χ1n) is 8.90. The number of unbranched alkanes of at least 4 members (excludes halogenated alkanes) is 2. The third kappa shape index (κ3) is 10.8. The van der Waals surface area contributed by atoms with Crippen molar-refractivity contribution in [2.24, 2.45) is 0 Å². The lowest BCUT2D eigenvalue weighted by Gasteiger charge is -2.11. The Hall–Kier alpha value is -1.63. The largest absolute Gasteiger partial charge is 0.494 e. The Morgan fingerprint density at radius 2 is 1.64 bits per heavy atom. The lowest BCUT2D eigenvalue weighted by atomic mass is 10.1. The number of ether oxygens (including phenoxy) is 3. The van der Waals surface area contributed by atoms with Crippen LogP contribution < -0.4 is 10.1 Å². The topological polar surface area (TPSA) is 77.0 Å². The summed E-state index contributed by atoms with van der Waals surface area (Å²) in [5.41, 5.74) is 1.25. The van der Waals surface area contributed by atoms with Gasteiger partial charge < -0.3 is 24.6 Å². The molecule has 1 rings (SSSR count). The summed E-state index contributed by atoms with van der Waals surface area (Å²) in [4.78, 5) is 10.2. The van der Waals surface area contributed by atoms with E-state index < -0.39 is 5.97 Å². The molecule has 6 nitrogen and oxygen atoms in total. The van der Waals surface area contributed by atoms with Crippen LogP contribution in [0, 0.1) is 0 Å². The minimum atomic E-state index is -0.938. The zero-order valence-electron chi connectivity index (χ0n) is 15.3. The van der Waals surface area contributed by atoms with Crippen LogP contribution in [0.2, 0.25) is 0 Å². The van der Waals surface area contributed by atoms with Crippen molar-refractivity contribution in [3.8, 4) is 5.75 Å². The van der Waals surface area contributed by atoms with Crippen LogP contribution in [0.3, 0.4) is 0 Å². The van der Waals surface area contributed by atoms with Crippen molar-refractivity contribution in [2.75, 3.05) is 40.1 Å². The zero-order chi connectivity index (χ0) is 18.3. The van der Waals surface area contributed by atoms with Gasteiger partial charge in [0, 0.05) is 25.9 Å². The third-order valence-electron chi connectivity index (χ3n) is 3.82. The molecule has 0 bridgehead atoms. The summed E-state index contributed by atoms with van der Waals surface area (Å²) in [7, 11) is 1.95. The summed E-state index contributed by atoms with van der Waals surface area (Å²) in [6, 6.07) is 8.55. The van der Waals surface area contributed by atoms with Crippen LogP contribution in [0.1, 0.15) is 44.2 Å². The summed E-state index contributed by atoms with van der Waals surface area (Å²) >= 11 is 0. The maximum atomic E-state index is 10.2. The van der Waals surface area contributed by atoms with Gasteiger partial charge in [-0.1, -0.05) is 12.1 Å². The number of carboxylic acids is 1. The molecule has 0 amide bonds. The fourth-order valence-corrected chi connectivity index (χ4v) is 2.22. The number of hydrogen-bond donors (Lipinski definition) is 2. The Balaban J connectivity index is 1.92. The molecule has 1 aromatic carbocycles. The van der Waals surface area contributed by atoms with Crippen LogP contribution in [0.4, 0.5) is 0 Å². The first kappa shape index (κ1) is 21.4. The van der Waals surface area contributed by atoms with E-state index in [0.717, 1.165) is 38.0 Å². The molecule has 0 unspecified atom stereocenters. The van der Waals surface area contributed by atoms with Crippen LogP contribution in [0.25, 0.3) is 0 Å². The van der Waals surface area contributed by atoms with Crippen molar-refractivity contribution < 1.29 is 24.1 Å². The summed E-state index contributed by atoms with van der Waals surface area (Å²) in [6.45, 7) is 4.34. The average Bonchev–Trinajstić information content (AvgIpc) is 2.62. The van der Waals surface area contributed by atoms with Gasteiger partial charge in [0.05, 0.1) is 6.61 Å². The molecule has 0 saturated carbocycles. The number of aliphatic carboxylic acids is 1. The van der Waals surface area contributed by atoms with Crippen LogP contribution in [0.5, 0.6) is 5.75 Å². The monoisotopic (exact) mass is 353 g/mol. The second-order valence-electron chi connectivity index (χ2n) is 5.90. The highest BCUT2D eigenvalue weighted by atomic mass is 16.5. The van der Waals surface area contributed by atoms with E-state index in [1.54, 1.807) is 0 Å². The van der Waals surface area contributed by atoms with Crippen molar-refractivity contribution in [1.29, 1.82) is 0 Å². The highest BCUT2D eigenvalue weighted by Gasteiger charge is 2.02. The van der Waals surface area contributed by atoms with E-state index in [1.807, 2.05) is 19.2 Å². The van der Waals surface area contributed by atoms with Crippen molar-refractivity contribution in [1.82, 2.24) is 5.32 Å². The summed E-state index contributed by atoms with van der Waals surface area (Å²) in [6.07, 6.45) is 3.78. The van der Waals surface area contributed by atoms with Crippen molar-refractivity contribution in [3.63, 3.8) is 0 Å². The molecule has 0 aliphatic rings. The second kappa shape index (κ2) is 13.6. The number of rotatable bonds is 15. The quantitative estimate of drug-likeness (QED) is 0.472. The van der Waals surface area contributed by atoms with E-state index in [2.05, 4.69) is 24.4 Å². The lowest BCUT2D eigenvalue weighted by molar-refractivity contribution is -0.142. The Labute approximate surface area is 150 Å². The molecule has 0 radical (unpaired) electrons. The molecular weight excluding hydrogens is 322 g/mol. The molecule has 0 aliphatic heterocycles. The van der Waals surface area contributed by atoms with Gasteiger partial charge in [0.25, 0.3) is 0 Å². The van der Waals surface area contributed by atoms with E-state index in [4.69, 9.17) is 19.3 Å². The molecule has 0 aromatic heterocycles. The zero-order valence-corrected chi connectivity index (χ0v) is 15.3. The Bertz CT molecular complexity index is 463. The van der Waals surface area contributed by atoms with E-state index in [-0.39, 0.29) is 6.61 Å². The molecular formula is C19H31NO5. The first-order chi connectivity index (χ1) is 12.1. The highest BCUT2D eigenvalue weighted by Crippen LogP contribution is 2.17. The lowest BCUT2D eigenvalue weighted by Crippen LogP contribution is -2.11. The van der Waals surface area contributed by atoms with Gasteiger partial charge in [-0.25, -0.2) is 4.79 Å². The molecule has 1 atom stereocenters. The summed E-state index contributed by atoms with van der Waals surface area (Å²) in [5, 5.41) is 11.6. The number of nitrogens with one attached hydrogen (secondary N) is 1. The Morgan fingerprint density at radius 3 is 2.32 bits per heavy atom. The maximum absolute atomic E-state index is 10.2. The van der Waals surface area contributed by atoms with Crippen LogP contribution in [-0.4, -0.2) is 51.2 Å². The van der Waals surface area contributed by atoms with E-state index in [9.17, 15) is 4.79 Å². The molecule has 2 N–H and O–H groups in total. The van der Waals surface area contributed by atoms with Gasteiger partial charge in [-0.2, -0.15) is 0 Å². The SMILES string of the molecule is CN[C@@H](C)c1ccc(OCCCCCOCCCOCC(=O)O)cc1. The van der Waals surface area contributed by atoms with Crippen molar-refractivity contribution >= 4 is 5.97 Å². The molecule has 142 valence electrons. The fraction of sp³-hybridized carbons (Fsp3) is 0.632. The number of hydrogen-bond acceptors (Lipinski definition) is 5. The molecule has 25 heavy (non-hydrogen) atoms. The fourth-order valence-electron chi connectivity index (χ4n) is 2.22. The van der Waals surface area contributed by atoms with Crippen molar-refractivity contribution in [3.05, 3.63) is 29.8 Å². The molecule has 0 fully saturated rings. The van der Waals surface area contributed by atoms with Gasteiger partial charge in [-0.3, -0.25) is 0 Å². The molecule has 0 heterocycles. The summed E-state index contributed by atoms with van der Waals surface area (Å²) in [5.74, 6) is -0.0312. The van der Waals surface area contributed by atoms with Gasteiger partial charge in [-0.05, 0) is 57.4 Å². The predicted octanol–water partition coefficient (Wildman–Crippen LogP) is 3.02. The number of carbonyl (C=O) groups is 1. The van der Waals surface area contributed by atoms with E-state index >= 15 is 0 Å². The highest BCUT2D eigenvalue weighted by molar-refractivity contribution is 5.67. The first-order valence-corrected chi connectivity index (χ1v) is 8.90. The minimum Gasteiger partial charge on any atom is -0.494 e. The number of benzene rings is 1. The van der Waals surface area contributed by atoms with Gasteiger partial charge in [-0.15, -0.1) is 0 Å². The molecule has 0 aliphatic carbocycles. The third-order valence-corrected chi connectivity index (χ3v) is 3.82. The molecule has 0 spiro atoms. The maximum Gasteiger partial charge on any atom is 0.329 e. The standard InChI is InChI=1S/C19H31NO5/c1-16(20-2)17-7-9-18(10-8-17)25-14-5-3-4-11-23-12-6-13-24-15-19(21)22/h7-10,16,20H,3-6,11-15H2,1-2H3,(H,21,22)/t16-/m0/s1. The average molecular weight is 353 g/mol. The normalized spacial score (nSPS) is 12.1. The number of carboxylic acid groups (broad SMARTS) is 1. The van der Waals surface area contributed by atoms with Gasteiger partial charge in [0.2, 0.25) is 0 Å². The van der Waals surface area contributed by atoms with Crippen LogP contribution in [0.15, 0.2) is 24.3 Å². The van der Waals surface area contributed by atoms with Crippen LogP contribution >= 0.6 is 0 Å². The molecule has 6 heteroatoms. The second-order valence-corrected chi connectivity index (χ2v) is 5.90. The van der Waals surface area contributed by atoms with Crippen LogP contribution in [-0.2, 0) is 14.3 Å². The minimum absolute atomic E-state index is 0.239. The van der Waals surface area contributed by atoms with Gasteiger partial charge in [0.1, 0.15) is 12.4 Å². The smallest absolute Gasteiger partial charge is 0.329 e. The molecule has 0 saturated heterocycles. The predicted molar refractivity (Wildman–Crippen MR) is 97.2 cm³/mol.